The summed E-state index contributed by atoms with van der Waals surface area (Å²) in [7, 11) is 0. The topological polar surface area (TPSA) is 61.4 Å². The second-order valence-electron chi connectivity index (χ2n) is 6.51. The highest BCUT2D eigenvalue weighted by molar-refractivity contribution is 5.82. The van der Waals surface area contributed by atoms with Crippen LogP contribution < -0.4 is 10.6 Å². The molecule has 0 aromatic heterocycles. The van der Waals surface area contributed by atoms with Gasteiger partial charge in [-0.2, -0.15) is 0 Å². The lowest BCUT2D eigenvalue weighted by molar-refractivity contribution is -0.133. The molecule has 2 atom stereocenters. The van der Waals surface area contributed by atoms with E-state index >= 15 is 0 Å². The van der Waals surface area contributed by atoms with Gasteiger partial charge in [0.05, 0.1) is 6.10 Å². The molecule has 1 aromatic rings. The number of hydrogen-bond acceptors (Lipinski definition) is 3. The lowest BCUT2D eigenvalue weighted by atomic mass is 9.74. The molecule has 0 radical (unpaired) electrons. The molecule has 1 amide bonds. The number of amides is 1. The number of carbonyl (C=O) groups excluding carboxylic acids is 1. The van der Waals surface area contributed by atoms with Gasteiger partial charge in [-0.1, -0.05) is 32.0 Å². The minimum atomic E-state index is -1.04. The molecule has 1 aliphatic rings. The summed E-state index contributed by atoms with van der Waals surface area (Å²) in [6, 6.07) is 6.07. The average molecular weight is 308 g/mol. The Hall–Kier alpha value is -1.46. The first-order valence-electron chi connectivity index (χ1n) is 7.84. The van der Waals surface area contributed by atoms with Crippen LogP contribution in [0.3, 0.4) is 0 Å². The highest BCUT2D eigenvalue weighted by atomic mass is 19.1. The Morgan fingerprint density at radius 3 is 2.86 bits per heavy atom. The van der Waals surface area contributed by atoms with Gasteiger partial charge >= 0.3 is 0 Å². The maximum atomic E-state index is 13.6. The first kappa shape index (κ1) is 16.9. The molecule has 1 fully saturated rings. The van der Waals surface area contributed by atoms with E-state index < -0.39 is 17.3 Å². The molecule has 0 saturated carbocycles. The number of halogens is 1. The third kappa shape index (κ3) is 3.84. The Balaban J connectivity index is 1.92. The Kier molecular flexibility index (Phi) is 5.53. The fraction of sp³-hybridized carbons (Fsp3) is 0.588. The number of benzene rings is 1. The summed E-state index contributed by atoms with van der Waals surface area (Å²) in [5.74, 6) is -0.288. The van der Waals surface area contributed by atoms with Gasteiger partial charge in [-0.25, -0.2) is 4.39 Å². The van der Waals surface area contributed by atoms with Crippen LogP contribution in [0.4, 0.5) is 4.39 Å². The molecule has 1 aromatic carbocycles. The summed E-state index contributed by atoms with van der Waals surface area (Å²) in [5.41, 5.74) is -0.303. The van der Waals surface area contributed by atoms with Gasteiger partial charge in [0, 0.05) is 17.5 Å². The molecule has 1 saturated heterocycles. The van der Waals surface area contributed by atoms with E-state index in [-0.39, 0.29) is 23.9 Å². The number of aliphatic hydroxyl groups excluding tert-OH is 1. The van der Waals surface area contributed by atoms with Gasteiger partial charge < -0.3 is 15.7 Å². The predicted octanol–water partition coefficient (Wildman–Crippen LogP) is 2.00. The van der Waals surface area contributed by atoms with Crippen molar-refractivity contribution in [1.82, 2.24) is 10.6 Å². The zero-order valence-electron chi connectivity index (χ0n) is 13.2. The van der Waals surface area contributed by atoms with E-state index in [1.54, 1.807) is 12.1 Å². The maximum absolute atomic E-state index is 13.6. The van der Waals surface area contributed by atoms with Crippen molar-refractivity contribution in [2.24, 2.45) is 11.3 Å². The van der Waals surface area contributed by atoms with Crippen molar-refractivity contribution in [3.8, 4) is 0 Å². The molecule has 0 spiro atoms. The molecule has 1 aliphatic heterocycles. The molecule has 3 N–H and O–H groups in total. The normalized spacial score (nSPS) is 20.5. The van der Waals surface area contributed by atoms with E-state index in [0.29, 0.717) is 0 Å². The van der Waals surface area contributed by atoms with Gasteiger partial charge in [0.25, 0.3) is 0 Å². The molecular formula is C17H25FN2O2. The number of carbonyl (C=O) groups is 1. The summed E-state index contributed by atoms with van der Waals surface area (Å²) in [5, 5.41) is 16.1. The molecule has 22 heavy (non-hydrogen) atoms. The van der Waals surface area contributed by atoms with Crippen molar-refractivity contribution >= 4 is 5.91 Å². The van der Waals surface area contributed by atoms with Crippen LogP contribution in [-0.4, -0.2) is 30.6 Å². The summed E-state index contributed by atoms with van der Waals surface area (Å²) in [4.78, 5) is 12.4. The third-order valence-corrected chi connectivity index (χ3v) is 4.62. The first-order chi connectivity index (χ1) is 10.4. The van der Waals surface area contributed by atoms with E-state index in [9.17, 15) is 14.3 Å². The van der Waals surface area contributed by atoms with E-state index in [1.165, 1.54) is 12.1 Å². The van der Waals surface area contributed by atoms with Gasteiger partial charge in [0.15, 0.2) is 0 Å². The van der Waals surface area contributed by atoms with E-state index in [0.717, 1.165) is 25.9 Å². The summed E-state index contributed by atoms with van der Waals surface area (Å²) in [6.07, 6.45) is 1.05. The minimum Gasteiger partial charge on any atom is -0.386 e. The van der Waals surface area contributed by atoms with Crippen LogP contribution in [0.25, 0.3) is 0 Å². The van der Waals surface area contributed by atoms with Crippen molar-refractivity contribution in [2.75, 3.05) is 19.6 Å². The largest absolute Gasteiger partial charge is 0.386 e. The maximum Gasteiger partial charge on any atom is 0.226 e. The second-order valence-corrected chi connectivity index (χ2v) is 6.51. The van der Waals surface area contributed by atoms with Gasteiger partial charge in [0.2, 0.25) is 5.91 Å². The summed E-state index contributed by atoms with van der Waals surface area (Å²) in [6.45, 7) is 5.70. The van der Waals surface area contributed by atoms with Gasteiger partial charge in [-0.05, 0) is 37.9 Å². The Morgan fingerprint density at radius 2 is 2.23 bits per heavy atom. The lowest BCUT2D eigenvalue weighted by Crippen LogP contribution is -2.48. The van der Waals surface area contributed by atoms with E-state index in [1.807, 2.05) is 13.8 Å². The Labute approximate surface area is 131 Å². The molecular weight excluding hydrogens is 283 g/mol. The Morgan fingerprint density at radius 1 is 1.50 bits per heavy atom. The standard InChI is InChI=1S/C17H25FN2O2/c1-17(2,12-6-5-9-19-10-12)16(22)20-11-15(21)13-7-3-4-8-14(13)18/h3-4,7-8,12,15,19,21H,5-6,9-11H2,1-2H3,(H,20,22). The van der Waals surface area contributed by atoms with Crippen LogP contribution in [-0.2, 0) is 4.79 Å². The molecule has 0 bridgehead atoms. The van der Waals surface area contributed by atoms with Crippen LogP contribution in [0.5, 0.6) is 0 Å². The minimum absolute atomic E-state index is 0.0172. The van der Waals surface area contributed by atoms with Crippen LogP contribution in [0.1, 0.15) is 38.4 Å². The zero-order valence-corrected chi connectivity index (χ0v) is 13.2. The monoisotopic (exact) mass is 308 g/mol. The lowest BCUT2D eigenvalue weighted by Gasteiger charge is -2.36. The highest BCUT2D eigenvalue weighted by Gasteiger charge is 2.37. The average Bonchev–Trinajstić information content (AvgIpc) is 2.53. The summed E-state index contributed by atoms with van der Waals surface area (Å²) >= 11 is 0. The van der Waals surface area contributed by atoms with Gasteiger partial charge in [-0.15, -0.1) is 0 Å². The molecule has 0 aliphatic carbocycles. The number of piperidine rings is 1. The fourth-order valence-electron chi connectivity index (χ4n) is 2.93. The van der Waals surface area contributed by atoms with Crippen molar-refractivity contribution in [1.29, 1.82) is 0 Å². The van der Waals surface area contributed by atoms with Gasteiger partial charge in [0.1, 0.15) is 5.82 Å². The van der Waals surface area contributed by atoms with Crippen LogP contribution >= 0.6 is 0 Å². The van der Waals surface area contributed by atoms with E-state index in [2.05, 4.69) is 10.6 Å². The molecule has 2 rings (SSSR count). The first-order valence-corrected chi connectivity index (χ1v) is 7.84. The third-order valence-electron chi connectivity index (χ3n) is 4.62. The van der Waals surface area contributed by atoms with Gasteiger partial charge in [-0.3, -0.25) is 4.79 Å². The number of aliphatic hydroxyl groups is 1. The molecule has 122 valence electrons. The smallest absolute Gasteiger partial charge is 0.226 e. The molecule has 5 heteroatoms. The number of hydrogen-bond donors (Lipinski definition) is 3. The molecule has 4 nitrogen and oxygen atoms in total. The quantitative estimate of drug-likeness (QED) is 0.780. The van der Waals surface area contributed by atoms with Crippen molar-refractivity contribution in [2.45, 2.75) is 32.8 Å². The second kappa shape index (κ2) is 7.20. The molecule has 1 heterocycles. The van der Waals surface area contributed by atoms with Crippen molar-refractivity contribution < 1.29 is 14.3 Å². The number of rotatable bonds is 5. The summed E-state index contributed by atoms with van der Waals surface area (Å²) < 4.78 is 13.6. The highest BCUT2D eigenvalue weighted by Crippen LogP contribution is 2.32. The fourth-order valence-corrected chi connectivity index (χ4v) is 2.93. The van der Waals surface area contributed by atoms with Crippen LogP contribution in [0.15, 0.2) is 24.3 Å². The number of nitrogens with one attached hydrogen (secondary N) is 2. The molecule has 2 unspecified atom stereocenters. The van der Waals surface area contributed by atoms with Crippen molar-refractivity contribution in [3.63, 3.8) is 0 Å². The Bertz CT molecular complexity index is 513. The predicted molar refractivity (Wildman–Crippen MR) is 83.7 cm³/mol. The van der Waals surface area contributed by atoms with Crippen LogP contribution in [0, 0.1) is 17.2 Å². The van der Waals surface area contributed by atoms with Crippen molar-refractivity contribution in [3.05, 3.63) is 35.6 Å². The SMILES string of the molecule is CC(C)(C(=O)NCC(O)c1ccccc1F)C1CCCNC1. The van der Waals surface area contributed by atoms with Crippen LogP contribution in [0.2, 0.25) is 0 Å². The zero-order chi connectivity index (χ0) is 16.2. The van der Waals surface area contributed by atoms with E-state index in [4.69, 9.17) is 0 Å².